The first-order valence-electron chi connectivity index (χ1n) is 11.0. The predicted molar refractivity (Wildman–Crippen MR) is 125 cm³/mol. The fourth-order valence-corrected chi connectivity index (χ4v) is 4.32. The Labute approximate surface area is 196 Å². The van der Waals surface area contributed by atoms with E-state index in [1.54, 1.807) is 23.9 Å². The molecule has 0 unspecified atom stereocenters. The minimum Gasteiger partial charge on any atom is -0.381 e. The summed E-state index contributed by atoms with van der Waals surface area (Å²) in [6.45, 7) is 5.45. The highest BCUT2D eigenvalue weighted by molar-refractivity contribution is 6.31. The number of amides is 2. The number of aryl methyl sites for hydroxylation is 1. The van der Waals surface area contributed by atoms with E-state index in [1.807, 2.05) is 11.8 Å². The molecule has 1 aromatic carbocycles. The van der Waals surface area contributed by atoms with E-state index in [-0.39, 0.29) is 29.1 Å². The summed E-state index contributed by atoms with van der Waals surface area (Å²) in [7, 11) is 0. The normalized spacial score (nSPS) is 14.5. The highest BCUT2D eigenvalue weighted by atomic mass is 35.5. The Bertz CT molecular complexity index is 1170. The van der Waals surface area contributed by atoms with Gasteiger partial charge in [-0.25, -0.2) is 14.1 Å². The van der Waals surface area contributed by atoms with Gasteiger partial charge in [-0.05, 0) is 31.9 Å². The van der Waals surface area contributed by atoms with Crippen molar-refractivity contribution in [2.45, 2.75) is 45.8 Å². The number of nitrogens with zero attached hydrogens (tertiary/aromatic N) is 4. The second-order valence-electron chi connectivity index (χ2n) is 8.05. The molecule has 0 aliphatic carbocycles. The lowest BCUT2D eigenvalue weighted by atomic mass is 10.0. The van der Waals surface area contributed by atoms with Crippen LogP contribution in [0, 0.1) is 5.82 Å². The molecule has 0 spiro atoms. The van der Waals surface area contributed by atoms with Gasteiger partial charge in [0.1, 0.15) is 5.82 Å². The van der Waals surface area contributed by atoms with E-state index in [2.05, 4.69) is 20.7 Å². The maximum atomic E-state index is 14.1. The molecule has 0 saturated carbocycles. The summed E-state index contributed by atoms with van der Waals surface area (Å²) in [6.07, 6.45) is 4.74. The zero-order valence-corrected chi connectivity index (χ0v) is 19.3. The van der Waals surface area contributed by atoms with Crippen molar-refractivity contribution < 1.29 is 14.0 Å². The molecule has 4 rings (SSSR count). The second-order valence-corrected chi connectivity index (χ2v) is 8.46. The molecule has 3 aromatic rings. The number of aromatic nitrogens is 3. The molecular weight excluding hydrogens is 447 g/mol. The monoisotopic (exact) mass is 472 g/mol. The Morgan fingerprint density at radius 3 is 2.67 bits per heavy atom. The third kappa shape index (κ3) is 4.78. The van der Waals surface area contributed by atoms with Crippen molar-refractivity contribution in [2.75, 3.05) is 18.4 Å². The number of halogens is 2. The number of anilines is 1. The lowest BCUT2D eigenvalue weighted by molar-refractivity contribution is -0.129. The average molecular weight is 473 g/mol. The summed E-state index contributed by atoms with van der Waals surface area (Å²) in [4.78, 5) is 31.1. The number of piperidine rings is 1. The predicted octanol–water partition coefficient (Wildman–Crippen LogP) is 3.60. The Morgan fingerprint density at radius 1 is 1.24 bits per heavy atom. The maximum Gasteiger partial charge on any atom is 0.255 e. The van der Waals surface area contributed by atoms with Gasteiger partial charge in [-0.3, -0.25) is 9.59 Å². The van der Waals surface area contributed by atoms with Crippen LogP contribution in [-0.2, 0) is 17.9 Å². The molecule has 1 aliphatic rings. The average Bonchev–Trinajstić information content (AvgIpc) is 3.23. The molecule has 2 amide bonds. The van der Waals surface area contributed by atoms with Gasteiger partial charge in [0.15, 0.2) is 5.65 Å². The molecule has 1 fully saturated rings. The van der Waals surface area contributed by atoms with Crippen molar-refractivity contribution in [1.82, 2.24) is 25.0 Å². The molecule has 0 radical (unpaired) electrons. The number of likely N-dealkylation sites (tertiary alicyclic amines) is 1. The van der Waals surface area contributed by atoms with E-state index >= 15 is 0 Å². The van der Waals surface area contributed by atoms with Crippen LogP contribution in [0.3, 0.4) is 0 Å². The van der Waals surface area contributed by atoms with Crippen molar-refractivity contribution in [2.24, 2.45) is 0 Å². The second kappa shape index (κ2) is 9.74. The van der Waals surface area contributed by atoms with Crippen LogP contribution < -0.4 is 10.6 Å². The fraction of sp³-hybridized carbons (Fsp3) is 0.391. The Kier molecular flexibility index (Phi) is 6.78. The molecule has 33 heavy (non-hydrogen) atoms. The van der Waals surface area contributed by atoms with Crippen molar-refractivity contribution in [3.05, 3.63) is 52.6 Å². The van der Waals surface area contributed by atoms with Crippen LogP contribution in [0.2, 0.25) is 5.02 Å². The molecule has 1 aliphatic heterocycles. The van der Waals surface area contributed by atoms with Gasteiger partial charge >= 0.3 is 0 Å². The number of pyridine rings is 1. The molecule has 3 heterocycles. The lowest BCUT2D eigenvalue weighted by Crippen LogP contribution is -2.41. The third-order valence-electron chi connectivity index (χ3n) is 5.99. The molecule has 8 nitrogen and oxygen atoms in total. The number of hydrogen-bond donors (Lipinski definition) is 2. The molecule has 10 heteroatoms. The lowest BCUT2D eigenvalue weighted by Gasteiger charge is -2.32. The number of rotatable bonds is 6. The number of nitrogens with one attached hydrogen (secondary N) is 2. The van der Waals surface area contributed by atoms with E-state index < -0.39 is 11.7 Å². The Hall–Kier alpha value is -3.20. The summed E-state index contributed by atoms with van der Waals surface area (Å²) in [6, 6.07) is 4.49. The zero-order chi connectivity index (χ0) is 23.5. The van der Waals surface area contributed by atoms with Crippen LogP contribution in [0.15, 0.2) is 30.6 Å². The molecule has 1 saturated heterocycles. The smallest absolute Gasteiger partial charge is 0.255 e. The zero-order valence-electron chi connectivity index (χ0n) is 18.6. The first-order chi connectivity index (χ1) is 15.9. The summed E-state index contributed by atoms with van der Waals surface area (Å²) in [5.41, 5.74) is 1.89. The summed E-state index contributed by atoms with van der Waals surface area (Å²) in [5.74, 6) is -0.802. The number of hydrogen-bond acceptors (Lipinski definition) is 5. The van der Waals surface area contributed by atoms with E-state index in [0.717, 1.165) is 18.2 Å². The number of fused-ring (bicyclic) bond motifs is 1. The molecule has 0 bridgehead atoms. The van der Waals surface area contributed by atoms with Gasteiger partial charge in [0, 0.05) is 55.9 Å². The highest BCUT2D eigenvalue weighted by Crippen LogP contribution is 2.29. The quantitative estimate of drug-likeness (QED) is 0.572. The number of carbonyl (C=O) groups is 2. The largest absolute Gasteiger partial charge is 0.381 e. The van der Waals surface area contributed by atoms with Crippen molar-refractivity contribution >= 4 is 40.1 Å². The molecular formula is C23H26ClFN6O2. The van der Waals surface area contributed by atoms with Gasteiger partial charge in [-0.15, -0.1) is 0 Å². The van der Waals surface area contributed by atoms with Gasteiger partial charge in [-0.2, -0.15) is 5.10 Å². The minimum atomic E-state index is -0.476. The first-order valence-corrected chi connectivity index (χ1v) is 11.3. The minimum absolute atomic E-state index is 0.0486. The molecule has 2 N–H and O–H groups in total. The Morgan fingerprint density at radius 2 is 2.00 bits per heavy atom. The summed E-state index contributed by atoms with van der Waals surface area (Å²) in [5, 5.41) is 11.6. The van der Waals surface area contributed by atoms with E-state index in [4.69, 9.17) is 11.6 Å². The highest BCUT2D eigenvalue weighted by Gasteiger charge is 2.25. The van der Waals surface area contributed by atoms with Gasteiger partial charge in [0.25, 0.3) is 5.91 Å². The number of carbonyl (C=O) groups excluding carboxylic acids is 2. The fourth-order valence-electron chi connectivity index (χ4n) is 4.09. The van der Waals surface area contributed by atoms with E-state index in [1.165, 1.54) is 18.3 Å². The SMILES string of the molecule is CCn1ncc2c(NC3CCN(C(C)=O)CC3)c(C(=O)NCc3c(F)cccc3Cl)cnc21. The van der Waals surface area contributed by atoms with Crippen molar-refractivity contribution in [3.8, 4) is 0 Å². The van der Waals surface area contributed by atoms with Gasteiger partial charge in [-0.1, -0.05) is 17.7 Å². The third-order valence-corrected chi connectivity index (χ3v) is 6.34. The van der Waals surface area contributed by atoms with Crippen molar-refractivity contribution in [3.63, 3.8) is 0 Å². The summed E-state index contributed by atoms with van der Waals surface area (Å²) < 4.78 is 15.9. The van der Waals surface area contributed by atoms with Crippen LogP contribution in [-0.4, -0.2) is 50.6 Å². The number of benzene rings is 1. The topological polar surface area (TPSA) is 92.2 Å². The standard InChI is InChI=1S/C23H26ClFN6O2/c1-3-31-22-17(13-28-31)21(29-15-7-9-30(10-8-15)14(2)32)18(12-26-22)23(33)27-11-16-19(24)5-4-6-20(16)25/h4-6,12-13,15H,3,7-11H2,1-2H3,(H,26,29)(H,27,33). The van der Waals surface area contributed by atoms with E-state index in [9.17, 15) is 14.0 Å². The van der Waals surface area contributed by atoms with Crippen LogP contribution >= 0.6 is 11.6 Å². The summed E-state index contributed by atoms with van der Waals surface area (Å²) >= 11 is 6.09. The van der Waals surface area contributed by atoms with Crippen molar-refractivity contribution in [1.29, 1.82) is 0 Å². The molecule has 2 aromatic heterocycles. The Balaban J connectivity index is 1.60. The maximum absolute atomic E-state index is 14.1. The van der Waals surface area contributed by atoms with Gasteiger partial charge in [0.05, 0.1) is 22.8 Å². The van der Waals surface area contributed by atoms with Crippen LogP contribution in [0.25, 0.3) is 11.0 Å². The first kappa shape index (κ1) is 23.0. The van der Waals surface area contributed by atoms with Gasteiger partial charge in [0.2, 0.25) is 5.91 Å². The van der Waals surface area contributed by atoms with Crippen LogP contribution in [0.1, 0.15) is 42.6 Å². The van der Waals surface area contributed by atoms with Gasteiger partial charge < -0.3 is 15.5 Å². The molecule has 174 valence electrons. The van der Waals surface area contributed by atoms with Crippen LogP contribution in [0.5, 0.6) is 0 Å². The molecule has 0 atom stereocenters. The van der Waals surface area contributed by atoms with Crippen LogP contribution in [0.4, 0.5) is 10.1 Å². The van der Waals surface area contributed by atoms with E-state index in [0.29, 0.717) is 36.5 Å².